The van der Waals surface area contributed by atoms with Crippen LogP contribution in [0.3, 0.4) is 0 Å². The Balaban J connectivity index is 1.96. The van der Waals surface area contributed by atoms with E-state index in [2.05, 4.69) is 4.72 Å². The Kier molecular flexibility index (Phi) is 6.78. The quantitative estimate of drug-likeness (QED) is 0.756. The average molecular weight is 349 g/mol. The van der Waals surface area contributed by atoms with Crippen molar-refractivity contribution in [3.05, 3.63) is 65.7 Å². The van der Waals surface area contributed by atoms with Crippen molar-refractivity contribution < 1.29 is 17.9 Å². The molecule has 6 heteroatoms. The molecular weight excluding hydrogens is 326 g/mol. The van der Waals surface area contributed by atoms with Crippen LogP contribution in [-0.4, -0.2) is 34.9 Å². The van der Waals surface area contributed by atoms with E-state index in [9.17, 15) is 8.42 Å². The van der Waals surface area contributed by atoms with Crippen LogP contribution in [0.5, 0.6) is 5.75 Å². The summed E-state index contributed by atoms with van der Waals surface area (Å²) in [6.07, 6.45) is 0.0651. The summed E-state index contributed by atoms with van der Waals surface area (Å²) in [6.45, 7) is 0.161. The van der Waals surface area contributed by atoms with Crippen LogP contribution in [0.1, 0.15) is 17.2 Å². The van der Waals surface area contributed by atoms with Gasteiger partial charge in [-0.25, -0.2) is 13.1 Å². The third-order valence-electron chi connectivity index (χ3n) is 3.76. The molecule has 1 unspecified atom stereocenters. The number of hydrogen-bond donors (Lipinski definition) is 1. The zero-order valence-electron chi connectivity index (χ0n) is 13.9. The van der Waals surface area contributed by atoms with Crippen LogP contribution in [0, 0.1) is 0 Å². The first-order valence-electron chi connectivity index (χ1n) is 7.72. The van der Waals surface area contributed by atoms with E-state index in [-0.39, 0.29) is 12.3 Å². The highest BCUT2D eigenvalue weighted by Crippen LogP contribution is 2.26. The molecule has 0 saturated heterocycles. The van der Waals surface area contributed by atoms with Gasteiger partial charge in [-0.3, -0.25) is 0 Å². The summed E-state index contributed by atoms with van der Waals surface area (Å²) in [5, 5.41) is 0. The van der Waals surface area contributed by atoms with Gasteiger partial charge in [-0.05, 0) is 18.1 Å². The van der Waals surface area contributed by atoms with Crippen LogP contribution < -0.4 is 9.46 Å². The lowest BCUT2D eigenvalue weighted by molar-refractivity contribution is 0.105. The SMILES string of the molecule is COc1ccccc1C(CNS(=O)(=O)CCc1ccccc1)OC. The molecule has 1 atom stereocenters. The van der Waals surface area contributed by atoms with Gasteiger partial charge >= 0.3 is 0 Å². The molecule has 0 radical (unpaired) electrons. The van der Waals surface area contributed by atoms with Crippen LogP contribution in [0.4, 0.5) is 0 Å². The molecule has 0 spiro atoms. The van der Waals surface area contributed by atoms with Crippen molar-refractivity contribution in [2.45, 2.75) is 12.5 Å². The van der Waals surface area contributed by atoms with Gasteiger partial charge in [0.2, 0.25) is 10.0 Å². The van der Waals surface area contributed by atoms with Crippen LogP contribution in [-0.2, 0) is 21.2 Å². The van der Waals surface area contributed by atoms with E-state index in [0.29, 0.717) is 12.2 Å². The summed E-state index contributed by atoms with van der Waals surface area (Å²) in [7, 11) is -0.253. The summed E-state index contributed by atoms with van der Waals surface area (Å²) < 4.78 is 37.8. The lowest BCUT2D eigenvalue weighted by atomic mass is 10.1. The van der Waals surface area contributed by atoms with Gasteiger partial charge < -0.3 is 9.47 Å². The zero-order valence-corrected chi connectivity index (χ0v) is 14.8. The van der Waals surface area contributed by atoms with E-state index in [0.717, 1.165) is 11.1 Å². The van der Waals surface area contributed by atoms with Gasteiger partial charge in [0.1, 0.15) is 5.75 Å². The van der Waals surface area contributed by atoms with Gasteiger partial charge in [0.25, 0.3) is 0 Å². The van der Waals surface area contributed by atoms with Crippen molar-refractivity contribution in [3.63, 3.8) is 0 Å². The highest BCUT2D eigenvalue weighted by atomic mass is 32.2. The van der Waals surface area contributed by atoms with Gasteiger partial charge in [0, 0.05) is 19.2 Å². The molecule has 0 aromatic heterocycles. The van der Waals surface area contributed by atoms with Gasteiger partial charge in [-0.2, -0.15) is 0 Å². The predicted molar refractivity (Wildman–Crippen MR) is 94.7 cm³/mol. The van der Waals surface area contributed by atoms with Crippen molar-refractivity contribution in [2.24, 2.45) is 0 Å². The second-order valence-electron chi connectivity index (χ2n) is 5.37. The fourth-order valence-corrected chi connectivity index (χ4v) is 3.48. The number of nitrogens with one attached hydrogen (secondary N) is 1. The zero-order chi connectivity index (χ0) is 17.4. The Morgan fingerprint density at radius 2 is 1.67 bits per heavy atom. The number of aryl methyl sites for hydroxylation is 1. The van der Waals surface area contributed by atoms with Crippen molar-refractivity contribution in [3.8, 4) is 5.75 Å². The standard InChI is InChI=1S/C18H23NO4S/c1-22-17-11-7-6-10-16(17)18(23-2)14-19-24(20,21)13-12-15-8-4-3-5-9-15/h3-11,18-19H,12-14H2,1-2H3. The first-order valence-corrected chi connectivity index (χ1v) is 9.38. The van der Waals surface area contributed by atoms with E-state index in [1.165, 1.54) is 0 Å². The molecule has 2 rings (SSSR count). The topological polar surface area (TPSA) is 64.6 Å². The summed E-state index contributed by atoms with van der Waals surface area (Å²) in [4.78, 5) is 0. The molecule has 130 valence electrons. The molecule has 0 aliphatic carbocycles. The van der Waals surface area contributed by atoms with Crippen molar-refractivity contribution >= 4 is 10.0 Å². The Labute approximate surface area is 143 Å². The average Bonchev–Trinajstić information content (AvgIpc) is 2.62. The number of benzene rings is 2. The molecule has 2 aromatic rings. The molecule has 0 saturated carbocycles. The summed E-state index contributed by atoms with van der Waals surface area (Å²) in [5.74, 6) is 0.715. The molecular formula is C18H23NO4S. The lowest BCUT2D eigenvalue weighted by Gasteiger charge is -2.19. The largest absolute Gasteiger partial charge is 0.496 e. The second-order valence-corrected chi connectivity index (χ2v) is 7.30. The van der Waals surface area contributed by atoms with Gasteiger partial charge in [-0.1, -0.05) is 48.5 Å². The minimum Gasteiger partial charge on any atom is -0.496 e. The molecule has 0 amide bonds. The first-order chi connectivity index (χ1) is 11.6. The maximum Gasteiger partial charge on any atom is 0.212 e. The van der Waals surface area contributed by atoms with E-state index in [1.807, 2.05) is 54.6 Å². The minimum absolute atomic E-state index is 0.0410. The molecule has 0 aliphatic heterocycles. The molecule has 2 aromatic carbocycles. The monoisotopic (exact) mass is 349 g/mol. The summed E-state index contributed by atoms with van der Waals surface area (Å²) in [5.41, 5.74) is 1.81. The summed E-state index contributed by atoms with van der Waals surface area (Å²) in [6, 6.07) is 17.0. The molecule has 0 heterocycles. The Morgan fingerprint density at radius 3 is 2.33 bits per heavy atom. The smallest absolute Gasteiger partial charge is 0.212 e. The fourth-order valence-electron chi connectivity index (χ4n) is 2.42. The number of methoxy groups -OCH3 is 2. The van der Waals surface area contributed by atoms with Gasteiger partial charge in [-0.15, -0.1) is 0 Å². The Hall–Kier alpha value is -1.89. The van der Waals surface area contributed by atoms with E-state index >= 15 is 0 Å². The van der Waals surface area contributed by atoms with E-state index in [4.69, 9.17) is 9.47 Å². The van der Waals surface area contributed by atoms with Gasteiger partial charge in [0.05, 0.1) is 19.0 Å². The van der Waals surface area contributed by atoms with E-state index < -0.39 is 16.1 Å². The Morgan fingerprint density at radius 1 is 1.00 bits per heavy atom. The molecule has 0 fully saturated rings. The van der Waals surface area contributed by atoms with Crippen LogP contribution in [0.15, 0.2) is 54.6 Å². The molecule has 0 aliphatic rings. The minimum atomic E-state index is -3.38. The molecule has 1 N–H and O–H groups in total. The van der Waals surface area contributed by atoms with Gasteiger partial charge in [0.15, 0.2) is 0 Å². The predicted octanol–water partition coefficient (Wildman–Crippen LogP) is 2.54. The third kappa shape index (κ3) is 5.33. The maximum atomic E-state index is 12.2. The van der Waals surface area contributed by atoms with Crippen LogP contribution >= 0.6 is 0 Å². The Bertz CT molecular complexity index is 732. The van der Waals surface area contributed by atoms with Crippen molar-refractivity contribution in [1.29, 1.82) is 0 Å². The highest BCUT2D eigenvalue weighted by Gasteiger charge is 2.18. The van der Waals surface area contributed by atoms with Crippen molar-refractivity contribution in [1.82, 2.24) is 4.72 Å². The number of para-hydroxylation sites is 1. The second kappa shape index (κ2) is 8.82. The normalized spacial score (nSPS) is 12.8. The number of sulfonamides is 1. The molecule has 24 heavy (non-hydrogen) atoms. The number of rotatable bonds is 9. The van der Waals surface area contributed by atoms with Crippen LogP contribution in [0.25, 0.3) is 0 Å². The molecule has 5 nitrogen and oxygen atoms in total. The number of hydrogen-bond acceptors (Lipinski definition) is 4. The lowest BCUT2D eigenvalue weighted by Crippen LogP contribution is -2.32. The molecule has 0 bridgehead atoms. The van der Waals surface area contributed by atoms with Crippen LogP contribution in [0.2, 0.25) is 0 Å². The maximum absolute atomic E-state index is 12.2. The summed E-state index contributed by atoms with van der Waals surface area (Å²) >= 11 is 0. The fraction of sp³-hybridized carbons (Fsp3) is 0.333. The highest BCUT2D eigenvalue weighted by molar-refractivity contribution is 7.89. The first kappa shape index (κ1) is 18.4. The third-order valence-corrected chi connectivity index (χ3v) is 5.11. The van der Waals surface area contributed by atoms with Crippen molar-refractivity contribution in [2.75, 3.05) is 26.5 Å². The van der Waals surface area contributed by atoms with E-state index in [1.54, 1.807) is 14.2 Å². The number of ether oxygens (including phenoxy) is 2.